The Hall–Kier alpha value is -2.24. The molecule has 122 valence electrons. The first-order valence-electron chi connectivity index (χ1n) is 7.00. The van der Waals surface area contributed by atoms with Gasteiger partial charge < -0.3 is 4.90 Å². The van der Waals surface area contributed by atoms with Gasteiger partial charge in [-0.05, 0) is 25.5 Å². The second-order valence-corrected chi connectivity index (χ2v) is 6.83. The Morgan fingerprint density at radius 3 is 2.70 bits per heavy atom. The van der Waals surface area contributed by atoms with Crippen LogP contribution in [-0.4, -0.2) is 38.4 Å². The average molecular weight is 337 g/mol. The van der Waals surface area contributed by atoms with Gasteiger partial charge in [0.15, 0.2) is 0 Å². The maximum atomic E-state index is 13.6. The number of nitrogens with one attached hydrogen (secondary N) is 1. The lowest BCUT2D eigenvalue weighted by Crippen LogP contribution is -2.48. The van der Waals surface area contributed by atoms with Crippen LogP contribution >= 0.6 is 0 Å². The molecular weight excluding hydrogens is 321 g/mol. The molecule has 0 aromatic heterocycles. The van der Waals surface area contributed by atoms with Gasteiger partial charge in [0.2, 0.25) is 15.9 Å². The zero-order valence-electron chi connectivity index (χ0n) is 12.5. The predicted octanol–water partition coefficient (Wildman–Crippen LogP) is 1.17. The van der Waals surface area contributed by atoms with Crippen LogP contribution < -0.4 is 4.72 Å². The topological polar surface area (TPSA) is 90.3 Å². The molecule has 0 bridgehead atoms. The molecule has 23 heavy (non-hydrogen) atoms. The summed E-state index contributed by atoms with van der Waals surface area (Å²) < 4.78 is 40.2. The maximum absolute atomic E-state index is 13.6. The molecule has 1 atom stereocenters. The number of amides is 1. The van der Waals surface area contributed by atoms with Crippen LogP contribution in [0.2, 0.25) is 0 Å². The smallest absolute Gasteiger partial charge is 0.244 e. The number of rotatable bonds is 4. The largest absolute Gasteiger partial charge is 0.337 e. The van der Waals surface area contributed by atoms with Gasteiger partial charge in [-0.2, -0.15) is 9.98 Å². The standard InChI is InChI=1S/C15H16FN3O3S/c1-11(15(20)19-8-6-12(10-17)7-9-19)18-23(21,22)14-5-3-2-4-13(14)16/h2-6,11,18H,7-9H2,1H3/t11-/m0/s1. The first kappa shape index (κ1) is 17.1. The first-order valence-corrected chi connectivity index (χ1v) is 8.48. The Morgan fingerprint density at radius 2 is 2.13 bits per heavy atom. The lowest BCUT2D eigenvalue weighted by atomic mass is 10.1. The van der Waals surface area contributed by atoms with Gasteiger partial charge in [-0.15, -0.1) is 0 Å². The number of benzene rings is 1. The van der Waals surface area contributed by atoms with Crippen molar-refractivity contribution in [2.24, 2.45) is 0 Å². The van der Waals surface area contributed by atoms with Gasteiger partial charge in [0, 0.05) is 18.7 Å². The third-order valence-corrected chi connectivity index (χ3v) is 5.07. The fraction of sp³-hybridized carbons (Fsp3) is 0.333. The van der Waals surface area contributed by atoms with Crippen LogP contribution in [0, 0.1) is 17.1 Å². The molecule has 0 saturated heterocycles. The lowest BCUT2D eigenvalue weighted by molar-refractivity contribution is -0.132. The van der Waals surface area contributed by atoms with E-state index in [0.29, 0.717) is 18.5 Å². The number of hydrogen-bond acceptors (Lipinski definition) is 4. The highest BCUT2D eigenvalue weighted by atomic mass is 32.2. The van der Waals surface area contributed by atoms with Crippen LogP contribution in [0.4, 0.5) is 4.39 Å². The fourth-order valence-electron chi connectivity index (χ4n) is 2.25. The molecule has 1 aromatic carbocycles. The second-order valence-electron chi connectivity index (χ2n) is 5.15. The van der Waals surface area contributed by atoms with Gasteiger partial charge in [-0.1, -0.05) is 18.2 Å². The predicted molar refractivity (Wildman–Crippen MR) is 81.1 cm³/mol. The van der Waals surface area contributed by atoms with Gasteiger partial charge in [0.05, 0.1) is 12.1 Å². The number of carbonyl (C=O) groups is 1. The molecule has 1 aliphatic heterocycles. The highest BCUT2D eigenvalue weighted by molar-refractivity contribution is 7.89. The molecule has 0 aliphatic carbocycles. The number of hydrogen-bond donors (Lipinski definition) is 1. The van der Waals surface area contributed by atoms with Crippen LogP contribution in [0.1, 0.15) is 13.3 Å². The van der Waals surface area contributed by atoms with E-state index in [2.05, 4.69) is 4.72 Å². The maximum Gasteiger partial charge on any atom is 0.244 e. The van der Waals surface area contributed by atoms with Crippen molar-refractivity contribution in [3.8, 4) is 6.07 Å². The van der Waals surface area contributed by atoms with Gasteiger partial charge in [0.25, 0.3) is 0 Å². The molecule has 6 nitrogen and oxygen atoms in total. The number of halogens is 1. The Kier molecular flexibility index (Phi) is 5.13. The van der Waals surface area contributed by atoms with Crippen LogP contribution in [0.15, 0.2) is 40.8 Å². The van der Waals surface area contributed by atoms with Crippen LogP contribution in [0.3, 0.4) is 0 Å². The van der Waals surface area contributed by atoms with Crippen LogP contribution in [-0.2, 0) is 14.8 Å². The SMILES string of the molecule is C[C@H](NS(=O)(=O)c1ccccc1F)C(=O)N1CC=C(C#N)CC1. The van der Waals surface area contributed by atoms with Crippen molar-refractivity contribution in [3.05, 3.63) is 41.7 Å². The lowest BCUT2D eigenvalue weighted by Gasteiger charge is -2.27. The summed E-state index contributed by atoms with van der Waals surface area (Å²) >= 11 is 0. The van der Waals surface area contributed by atoms with E-state index in [-0.39, 0.29) is 6.54 Å². The van der Waals surface area contributed by atoms with Crippen molar-refractivity contribution in [1.82, 2.24) is 9.62 Å². The van der Waals surface area contributed by atoms with Crippen molar-refractivity contribution >= 4 is 15.9 Å². The molecule has 0 radical (unpaired) electrons. The molecule has 0 saturated carbocycles. The van der Waals surface area contributed by atoms with Crippen molar-refractivity contribution in [2.75, 3.05) is 13.1 Å². The Bertz CT molecular complexity index is 783. The summed E-state index contributed by atoms with van der Waals surface area (Å²) in [4.78, 5) is 13.2. The van der Waals surface area contributed by atoms with Crippen molar-refractivity contribution in [1.29, 1.82) is 5.26 Å². The van der Waals surface area contributed by atoms with E-state index in [9.17, 15) is 17.6 Å². The summed E-state index contributed by atoms with van der Waals surface area (Å²) in [6.07, 6.45) is 2.08. The minimum Gasteiger partial charge on any atom is -0.337 e. The van der Waals surface area contributed by atoms with Gasteiger partial charge >= 0.3 is 0 Å². The molecule has 1 amide bonds. The zero-order valence-corrected chi connectivity index (χ0v) is 13.3. The normalized spacial score (nSPS) is 16.4. The molecule has 1 aliphatic rings. The van der Waals surface area contributed by atoms with E-state index < -0.39 is 32.7 Å². The van der Waals surface area contributed by atoms with E-state index in [0.717, 1.165) is 12.1 Å². The third-order valence-electron chi connectivity index (χ3n) is 3.49. The Balaban J connectivity index is 2.09. The van der Waals surface area contributed by atoms with Crippen molar-refractivity contribution in [2.45, 2.75) is 24.3 Å². The molecule has 0 unspecified atom stereocenters. The van der Waals surface area contributed by atoms with Gasteiger partial charge in [-0.3, -0.25) is 4.79 Å². The summed E-state index contributed by atoms with van der Waals surface area (Å²) in [7, 11) is -4.13. The summed E-state index contributed by atoms with van der Waals surface area (Å²) in [6, 6.07) is 5.97. The minimum atomic E-state index is -4.13. The van der Waals surface area contributed by atoms with E-state index in [1.165, 1.54) is 24.0 Å². The van der Waals surface area contributed by atoms with E-state index in [1.54, 1.807) is 6.08 Å². The number of nitrogens with zero attached hydrogens (tertiary/aromatic N) is 2. The summed E-state index contributed by atoms with van der Waals surface area (Å²) in [6.45, 7) is 2.02. The Labute approximate surface area is 134 Å². The molecule has 1 N–H and O–H groups in total. The molecule has 8 heteroatoms. The number of carbonyl (C=O) groups excluding carboxylic acids is 1. The molecule has 1 heterocycles. The number of nitriles is 1. The van der Waals surface area contributed by atoms with E-state index in [4.69, 9.17) is 5.26 Å². The minimum absolute atomic E-state index is 0.257. The molecule has 2 rings (SSSR count). The summed E-state index contributed by atoms with van der Waals surface area (Å²) in [5.41, 5.74) is 0.605. The fourth-order valence-corrected chi connectivity index (χ4v) is 3.53. The zero-order chi connectivity index (χ0) is 17.0. The molecule has 0 fully saturated rings. The molecule has 1 aromatic rings. The molecular formula is C15H16FN3O3S. The van der Waals surface area contributed by atoms with E-state index in [1.807, 2.05) is 6.07 Å². The van der Waals surface area contributed by atoms with Crippen LogP contribution in [0.5, 0.6) is 0 Å². The molecule has 0 spiro atoms. The average Bonchev–Trinajstić information content (AvgIpc) is 2.54. The summed E-state index contributed by atoms with van der Waals surface area (Å²) in [5.74, 6) is -1.29. The summed E-state index contributed by atoms with van der Waals surface area (Å²) in [5, 5.41) is 8.78. The highest BCUT2D eigenvalue weighted by Crippen LogP contribution is 2.15. The second kappa shape index (κ2) is 6.89. The van der Waals surface area contributed by atoms with Crippen molar-refractivity contribution in [3.63, 3.8) is 0 Å². The third kappa shape index (κ3) is 3.94. The van der Waals surface area contributed by atoms with E-state index >= 15 is 0 Å². The van der Waals surface area contributed by atoms with Gasteiger partial charge in [0.1, 0.15) is 10.7 Å². The van der Waals surface area contributed by atoms with Gasteiger partial charge in [-0.25, -0.2) is 12.8 Å². The quantitative estimate of drug-likeness (QED) is 0.893. The van der Waals surface area contributed by atoms with Crippen LogP contribution in [0.25, 0.3) is 0 Å². The highest BCUT2D eigenvalue weighted by Gasteiger charge is 2.28. The monoisotopic (exact) mass is 337 g/mol. The van der Waals surface area contributed by atoms with Crippen molar-refractivity contribution < 1.29 is 17.6 Å². The Morgan fingerprint density at radius 1 is 1.43 bits per heavy atom. The number of sulfonamides is 1. The first-order chi connectivity index (χ1) is 10.8.